The lowest BCUT2D eigenvalue weighted by molar-refractivity contribution is -0.140. The van der Waals surface area contributed by atoms with Crippen molar-refractivity contribution in [3.63, 3.8) is 0 Å². The summed E-state index contributed by atoms with van der Waals surface area (Å²) >= 11 is 0. The van der Waals surface area contributed by atoms with Crippen molar-refractivity contribution in [3.05, 3.63) is 94.6 Å². The van der Waals surface area contributed by atoms with Crippen LogP contribution in [0.5, 0.6) is 17.2 Å². The molecule has 4 rings (SSSR count). The third-order valence-electron chi connectivity index (χ3n) is 6.06. The molecule has 1 aliphatic rings. The summed E-state index contributed by atoms with van der Waals surface area (Å²) in [5.74, 6) is -0.543. The second-order valence-electron chi connectivity index (χ2n) is 8.24. The first-order valence-electron chi connectivity index (χ1n) is 11.1. The van der Waals surface area contributed by atoms with Crippen LogP contribution in [0.4, 0.5) is 0 Å². The summed E-state index contributed by atoms with van der Waals surface area (Å²) in [6.07, 6.45) is 0. The Hall–Kier alpha value is -4.26. The van der Waals surface area contributed by atoms with Crippen LogP contribution in [0.2, 0.25) is 0 Å². The number of hydrogen-bond acceptors (Lipinski definition) is 6. The van der Waals surface area contributed by atoms with Crippen LogP contribution in [0.1, 0.15) is 28.3 Å². The lowest BCUT2D eigenvalue weighted by Gasteiger charge is -2.26. The van der Waals surface area contributed by atoms with Crippen LogP contribution in [0, 0.1) is 6.92 Å². The molecule has 1 amide bonds. The number of amides is 1. The molecular formula is C28H27NO6. The number of aliphatic hydroxyl groups excluding tert-OH is 1. The molecule has 35 heavy (non-hydrogen) atoms. The summed E-state index contributed by atoms with van der Waals surface area (Å²) in [4.78, 5) is 28.0. The maximum atomic E-state index is 13.3. The smallest absolute Gasteiger partial charge is 0.295 e. The molecule has 7 nitrogen and oxygen atoms in total. The fourth-order valence-corrected chi connectivity index (χ4v) is 4.30. The Morgan fingerprint density at radius 1 is 0.886 bits per heavy atom. The standard InChI is InChI=1S/C28H27NO6/c1-17-10-12-19(13-11-17)25(30)23-24(20-14-21(33-2)27(35-4)22(15-20)34-3)29(28(32)26(23)31)16-18-8-6-5-7-9-18/h5-15,24,30H,16H2,1-4H3/b25-23+. The molecule has 0 saturated carbocycles. The summed E-state index contributed by atoms with van der Waals surface area (Å²) in [5, 5.41) is 11.3. The third kappa shape index (κ3) is 4.45. The van der Waals surface area contributed by atoms with Crippen LogP contribution >= 0.6 is 0 Å². The van der Waals surface area contributed by atoms with Gasteiger partial charge in [-0.1, -0.05) is 60.2 Å². The molecule has 180 valence electrons. The van der Waals surface area contributed by atoms with Crippen molar-refractivity contribution in [3.8, 4) is 17.2 Å². The van der Waals surface area contributed by atoms with Gasteiger partial charge in [0, 0.05) is 12.1 Å². The maximum absolute atomic E-state index is 13.3. The van der Waals surface area contributed by atoms with Gasteiger partial charge >= 0.3 is 0 Å². The molecule has 1 saturated heterocycles. The van der Waals surface area contributed by atoms with E-state index in [1.54, 1.807) is 24.3 Å². The first-order chi connectivity index (χ1) is 16.9. The SMILES string of the molecule is COc1cc(C2/C(=C(\O)c3ccc(C)cc3)C(=O)C(=O)N2Cc2ccccc2)cc(OC)c1OC. The van der Waals surface area contributed by atoms with Gasteiger partial charge in [-0.3, -0.25) is 9.59 Å². The van der Waals surface area contributed by atoms with Crippen LogP contribution in [0.25, 0.3) is 5.76 Å². The first-order valence-corrected chi connectivity index (χ1v) is 11.1. The topological polar surface area (TPSA) is 85.3 Å². The van der Waals surface area contributed by atoms with Gasteiger partial charge in [0.1, 0.15) is 5.76 Å². The summed E-state index contributed by atoms with van der Waals surface area (Å²) < 4.78 is 16.5. The average molecular weight is 474 g/mol. The van der Waals surface area contributed by atoms with Crippen LogP contribution in [0.3, 0.4) is 0 Å². The van der Waals surface area contributed by atoms with E-state index in [2.05, 4.69) is 0 Å². The zero-order valence-electron chi connectivity index (χ0n) is 20.1. The Morgan fingerprint density at radius 3 is 2.03 bits per heavy atom. The van der Waals surface area contributed by atoms with Crippen molar-refractivity contribution in [2.75, 3.05) is 21.3 Å². The number of carbonyl (C=O) groups excluding carboxylic acids is 2. The molecule has 7 heteroatoms. The molecule has 1 fully saturated rings. The van der Waals surface area contributed by atoms with Crippen molar-refractivity contribution in [2.45, 2.75) is 19.5 Å². The zero-order valence-corrected chi connectivity index (χ0v) is 20.1. The van der Waals surface area contributed by atoms with Gasteiger partial charge in [0.15, 0.2) is 11.5 Å². The van der Waals surface area contributed by atoms with Gasteiger partial charge in [-0.2, -0.15) is 0 Å². The quantitative estimate of drug-likeness (QED) is 0.306. The molecule has 1 atom stereocenters. The number of nitrogens with zero attached hydrogens (tertiary/aromatic N) is 1. The number of likely N-dealkylation sites (tertiary alicyclic amines) is 1. The van der Waals surface area contributed by atoms with Gasteiger partial charge in [0.05, 0.1) is 32.9 Å². The van der Waals surface area contributed by atoms with Crippen molar-refractivity contribution in [2.24, 2.45) is 0 Å². The highest BCUT2D eigenvalue weighted by Crippen LogP contribution is 2.46. The minimum absolute atomic E-state index is 0.00376. The number of methoxy groups -OCH3 is 3. The summed E-state index contributed by atoms with van der Waals surface area (Å²) in [7, 11) is 4.49. The molecule has 1 N–H and O–H groups in total. The number of rotatable bonds is 7. The minimum Gasteiger partial charge on any atom is -0.507 e. The molecule has 0 radical (unpaired) electrons. The average Bonchev–Trinajstić information content (AvgIpc) is 3.13. The fourth-order valence-electron chi connectivity index (χ4n) is 4.30. The molecule has 3 aromatic carbocycles. The highest BCUT2D eigenvalue weighted by Gasteiger charge is 2.46. The second kappa shape index (κ2) is 9.93. The number of carbonyl (C=O) groups is 2. The number of aryl methyl sites for hydroxylation is 1. The van der Waals surface area contributed by atoms with Crippen LogP contribution in [0.15, 0.2) is 72.3 Å². The van der Waals surface area contributed by atoms with Gasteiger partial charge in [0.25, 0.3) is 11.7 Å². The van der Waals surface area contributed by atoms with E-state index in [0.717, 1.165) is 11.1 Å². The Labute approximate surface area is 204 Å². The molecule has 3 aromatic rings. The highest BCUT2D eigenvalue weighted by molar-refractivity contribution is 6.46. The van der Waals surface area contributed by atoms with E-state index < -0.39 is 17.7 Å². The van der Waals surface area contributed by atoms with E-state index in [4.69, 9.17) is 14.2 Å². The molecule has 0 aromatic heterocycles. The van der Waals surface area contributed by atoms with Crippen LogP contribution in [-0.2, 0) is 16.1 Å². The van der Waals surface area contributed by atoms with Gasteiger partial charge < -0.3 is 24.2 Å². The predicted molar refractivity (Wildman–Crippen MR) is 132 cm³/mol. The van der Waals surface area contributed by atoms with E-state index in [-0.39, 0.29) is 17.9 Å². The van der Waals surface area contributed by atoms with Crippen molar-refractivity contribution in [1.29, 1.82) is 0 Å². The van der Waals surface area contributed by atoms with Gasteiger partial charge in [-0.15, -0.1) is 0 Å². The number of ketones is 1. The minimum atomic E-state index is -0.870. The Kier molecular flexibility index (Phi) is 6.78. The van der Waals surface area contributed by atoms with Crippen LogP contribution in [-0.4, -0.2) is 43.0 Å². The lowest BCUT2D eigenvalue weighted by Crippen LogP contribution is -2.29. The Morgan fingerprint density at radius 2 is 1.49 bits per heavy atom. The molecule has 1 unspecified atom stereocenters. The summed E-state index contributed by atoms with van der Waals surface area (Å²) in [5.41, 5.74) is 2.85. The Bertz CT molecular complexity index is 1260. The largest absolute Gasteiger partial charge is 0.507 e. The number of ether oxygens (including phenoxy) is 3. The normalized spacial score (nSPS) is 16.9. The highest BCUT2D eigenvalue weighted by atomic mass is 16.5. The lowest BCUT2D eigenvalue weighted by atomic mass is 9.94. The van der Waals surface area contributed by atoms with Gasteiger partial charge in [-0.05, 0) is 30.2 Å². The second-order valence-corrected chi connectivity index (χ2v) is 8.24. The third-order valence-corrected chi connectivity index (χ3v) is 6.06. The monoisotopic (exact) mass is 473 g/mol. The van der Waals surface area contributed by atoms with Crippen LogP contribution < -0.4 is 14.2 Å². The number of Topliss-reactive ketones (excluding diaryl/α,β-unsaturated/α-hetero) is 1. The summed E-state index contributed by atoms with van der Waals surface area (Å²) in [6.45, 7) is 2.11. The molecular weight excluding hydrogens is 446 g/mol. The van der Waals surface area contributed by atoms with E-state index in [1.165, 1.54) is 26.2 Å². The fraction of sp³-hybridized carbons (Fsp3) is 0.214. The van der Waals surface area contributed by atoms with E-state index in [9.17, 15) is 14.7 Å². The number of hydrogen-bond donors (Lipinski definition) is 1. The summed E-state index contributed by atoms with van der Waals surface area (Å²) in [6, 6.07) is 19.0. The van der Waals surface area contributed by atoms with Crippen molar-refractivity contribution in [1.82, 2.24) is 4.90 Å². The van der Waals surface area contributed by atoms with E-state index >= 15 is 0 Å². The number of benzene rings is 3. The first kappa shape index (κ1) is 23.9. The molecule has 0 aliphatic carbocycles. The van der Waals surface area contributed by atoms with Gasteiger partial charge in [-0.25, -0.2) is 0 Å². The molecule has 1 heterocycles. The molecule has 1 aliphatic heterocycles. The van der Waals surface area contributed by atoms with E-state index in [1.807, 2.05) is 49.4 Å². The predicted octanol–water partition coefficient (Wildman–Crippen LogP) is 4.64. The Balaban J connectivity index is 1.94. The molecule has 0 bridgehead atoms. The zero-order chi connectivity index (χ0) is 25.1. The van der Waals surface area contributed by atoms with Crippen molar-refractivity contribution >= 4 is 17.4 Å². The van der Waals surface area contributed by atoms with Crippen molar-refractivity contribution < 1.29 is 28.9 Å². The van der Waals surface area contributed by atoms with Gasteiger partial charge in [0.2, 0.25) is 5.75 Å². The molecule has 0 spiro atoms. The number of aliphatic hydroxyl groups is 1. The maximum Gasteiger partial charge on any atom is 0.295 e. The van der Waals surface area contributed by atoms with E-state index in [0.29, 0.717) is 28.4 Å².